The lowest BCUT2D eigenvalue weighted by atomic mass is 10.0. The predicted octanol–water partition coefficient (Wildman–Crippen LogP) is 4.28. The Balaban J connectivity index is 1.57. The minimum atomic E-state index is -4.40. The molecule has 1 aromatic heterocycles. The molecule has 0 bridgehead atoms. The van der Waals surface area contributed by atoms with E-state index in [0.29, 0.717) is 12.2 Å². The molecule has 0 radical (unpaired) electrons. The van der Waals surface area contributed by atoms with Crippen LogP contribution in [0.4, 0.5) is 18.0 Å². The third kappa shape index (κ3) is 4.99. The van der Waals surface area contributed by atoms with Crippen molar-refractivity contribution in [1.82, 2.24) is 15.2 Å². The average Bonchev–Trinajstić information content (AvgIpc) is 2.65. The molecule has 142 valence electrons. The van der Waals surface area contributed by atoms with Gasteiger partial charge >= 0.3 is 12.2 Å². The molecule has 0 aliphatic carbocycles. The molecular weight excluding hydrogens is 359 g/mol. The van der Waals surface area contributed by atoms with Gasteiger partial charge in [-0.25, -0.2) is 4.79 Å². The topological polar surface area (TPSA) is 54.5 Å². The summed E-state index contributed by atoms with van der Waals surface area (Å²) in [6, 6.07) is 10.0. The number of pyridine rings is 1. The van der Waals surface area contributed by atoms with Crippen LogP contribution in [0.2, 0.25) is 0 Å². The quantitative estimate of drug-likeness (QED) is 0.865. The Morgan fingerprint density at radius 2 is 2.07 bits per heavy atom. The van der Waals surface area contributed by atoms with Gasteiger partial charge in [0.05, 0.1) is 24.5 Å². The summed E-state index contributed by atoms with van der Waals surface area (Å²) in [5, 5.41) is 2.82. The number of nitrogens with one attached hydrogen (secondary N) is 1. The third-order valence-electron chi connectivity index (χ3n) is 4.04. The Morgan fingerprint density at radius 1 is 1.30 bits per heavy atom. The number of nitrogens with zero attached hydrogens (tertiary/aromatic N) is 2. The van der Waals surface area contributed by atoms with Gasteiger partial charge in [-0.05, 0) is 36.3 Å². The first kappa shape index (κ1) is 18.8. The van der Waals surface area contributed by atoms with Crippen LogP contribution in [-0.2, 0) is 6.54 Å². The maximum atomic E-state index is 12.5. The van der Waals surface area contributed by atoms with Crippen LogP contribution in [0.15, 0.2) is 48.8 Å². The zero-order chi connectivity index (χ0) is 19.4. The van der Waals surface area contributed by atoms with E-state index in [1.54, 1.807) is 18.0 Å². The molecule has 8 heteroatoms. The second kappa shape index (κ2) is 7.69. The van der Waals surface area contributed by atoms with Crippen molar-refractivity contribution in [3.05, 3.63) is 65.6 Å². The van der Waals surface area contributed by atoms with Crippen LogP contribution in [0.3, 0.4) is 0 Å². The lowest BCUT2D eigenvalue weighted by Gasteiger charge is -2.25. The van der Waals surface area contributed by atoms with Gasteiger partial charge < -0.3 is 10.1 Å². The Morgan fingerprint density at radius 3 is 2.78 bits per heavy atom. The summed E-state index contributed by atoms with van der Waals surface area (Å²) in [6.45, 7) is 0.837. The maximum absolute atomic E-state index is 12.5. The summed E-state index contributed by atoms with van der Waals surface area (Å²) >= 11 is 0. The van der Waals surface area contributed by atoms with E-state index in [-0.39, 0.29) is 11.8 Å². The molecule has 0 spiro atoms. The van der Waals surface area contributed by atoms with Gasteiger partial charge in [0.25, 0.3) is 0 Å². The SMILES string of the molecule is CC(NC(=O)N1C=Cc2ccccc2C1)c1ccc(OCC(F)(F)F)cn1. The van der Waals surface area contributed by atoms with Crippen LogP contribution in [0.25, 0.3) is 6.08 Å². The number of amides is 2. The molecular formula is C19H18F3N3O2. The predicted molar refractivity (Wildman–Crippen MR) is 93.8 cm³/mol. The van der Waals surface area contributed by atoms with E-state index in [1.165, 1.54) is 18.3 Å². The molecule has 27 heavy (non-hydrogen) atoms. The summed E-state index contributed by atoms with van der Waals surface area (Å²) in [6.07, 6.45) is 0.390. The Labute approximate surface area is 154 Å². The number of benzene rings is 1. The van der Waals surface area contributed by atoms with Crippen molar-refractivity contribution in [2.24, 2.45) is 0 Å². The van der Waals surface area contributed by atoms with Crippen molar-refractivity contribution in [1.29, 1.82) is 0 Å². The van der Waals surface area contributed by atoms with Crippen LogP contribution in [0.1, 0.15) is 29.8 Å². The molecule has 1 aliphatic heterocycles. The Kier molecular flexibility index (Phi) is 5.34. The number of fused-ring (bicyclic) bond motifs is 1. The molecule has 5 nitrogen and oxygen atoms in total. The second-order valence-corrected chi connectivity index (χ2v) is 6.14. The van der Waals surface area contributed by atoms with Crippen molar-refractivity contribution in [2.45, 2.75) is 25.7 Å². The molecule has 2 heterocycles. The average molecular weight is 377 g/mol. The lowest BCUT2D eigenvalue weighted by Crippen LogP contribution is -2.38. The molecule has 1 N–H and O–H groups in total. The number of urea groups is 1. The highest BCUT2D eigenvalue weighted by atomic mass is 19.4. The van der Waals surface area contributed by atoms with E-state index in [2.05, 4.69) is 15.0 Å². The monoisotopic (exact) mass is 377 g/mol. The molecule has 0 fully saturated rings. The van der Waals surface area contributed by atoms with E-state index < -0.39 is 18.8 Å². The number of rotatable bonds is 4. The number of alkyl halides is 3. The highest BCUT2D eigenvalue weighted by Gasteiger charge is 2.28. The molecule has 1 aromatic carbocycles. The van der Waals surface area contributed by atoms with Crippen LogP contribution < -0.4 is 10.1 Å². The lowest BCUT2D eigenvalue weighted by molar-refractivity contribution is -0.153. The zero-order valence-corrected chi connectivity index (χ0v) is 14.5. The first-order chi connectivity index (χ1) is 12.8. The Hall–Kier alpha value is -3.03. The summed E-state index contributed by atoms with van der Waals surface area (Å²) in [4.78, 5) is 18.1. The fraction of sp³-hybridized carbons (Fsp3) is 0.263. The van der Waals surface area contributed by atoms with Crippen LogP contribution in [0.5, 0.6) is 5.75 Å². The Bertz CT molecular complexity index is 835. The standard InChI is InChI=1S/C19H18F3N3O2/c1-13(17-7-6-16(10-23-17)27-12-19(20,21)22)24-18(26)25-9-8-14-4-2-3-5-15(14)11-25/h2-10,13H,11-12H2,1H3,(H,24,26). The van der Waals surface area contributed by atoms with E-state index in [1.807, 2.05) is 30.3 Å². The number of hydrogen-bond donors (Lipinski definition) is 1. The largest absolute Gasteiger partial charge is 0.483 e. The smallest absolute Gasteiger partial charge is 0.422 e. The van der Waals surface area contributed by atoms with Gasteiger partial charge in [-0.1, -0.05) is 24.3 Å². The number of carbonyl (C=O) groups excluding carboxylic acids is 1. The van der Waals surface area contributed by atoms with Crippen molar-refractivity contribution < 1.29 is 22.7 Å². The van der Waals surface area contributed by atoms with E-state index >= 15 is 0 Å². The molecule has 1 aliphatic rings. The van der Waals surface area contributed by atoms with Crippen molar-refractivity contribution in [3.63, 3.8) is 0 Å². The number of carbonyl (C=O) groups is 1. The maximum Gasteiger partial charge on any atom is 0.422 e. The highest BCUT2D eigenvalue weighted by molar-refractivity contribution is 5.78. The number of ether oxygens (including phenoxy) is 1. The van der Waals surface area contributed by atoms with Crippen molar-refractivity contribution in [3.8, 4) is 5.75 Å². The van der Waals surface area contributed by atoms with Crippen LogP contribution >= 0.6 is 0 Å². The number of hydrogen-bond acceptors (Lipinski definition) is 3. The third-order valence-corrected chi connectivity index (χ3v) is 4.04. The normalized spacial score (nSPS) is 14.4. The molecule has 0 saturated heterocycles. The minimum Gasteiger partial charge on any atom is -0.483 e. The molecule has 0 saturated carbocycles. The second-order valence-electron chi connectivity index (χ2n) is 6.14. The molecule has 1 unspecified atom stereocenters. The van der Waals surface area contributed by atoms with Crippen molar-refractivity contribution in [2.75, 3.05) is 6.61 Å². The molecule has 2 amide bonds. The van der Waals surface area contributed by atoms with E-state index in [9.17, 15) is 18.0 Å². The highest BCUT2D eigenvalue weighted by Crippen LogP contribution is 2.21. The van der Waals surface area contributed by atoms with Gasteiger partial charge in [0.15, 0.2) is 6.61 Å². The minimum absolute atomic E-state index is 0.0187. The first-order valence-corrected chi connectivity index (χ1v) is 8.30. The fourth-order valence-corrected chi connectivity index (χ4v) is 2.63. The van der Waals surface area contributed by atoms with Crippen molar-refractivity contribution >= 4 is 12.1 Å². The zero-order valence-electron chi connectivity index (χ0n) is 14.5. The summed E-state index contributed by atoms with van der Waals surface area (Å²) in [5.41, 5.74) is 2.64. The van der Waals surface area contributed by atoms with Gasteiger partial charge in [0.2, 0.25) is 0 Å². The van der Waals surface area contributed by atoms with Gasteiger partial charge in [-0.3, -0.25) is 9.88 Å². The van der Waals surface area contributed by atoms with Gasteiger partial charge in [0, 0.05) is 6.20 Å². The van der Waals surface area contributed by atoms with E-state index in [4.69, 9.17) is 0 Å². The van der Waals surface area contributed by atoms with Crippen LogP contribution in [-0.4, -0.2) is 28.7 Å². The van der Waals surface area contributed by atoms with Gasteiger partial charge in [-0.15, -0.1) is 0 Å². The number of aromatic nitrogens is 1. The number of halogens is 3. The van der Waals surface area contributed by atoms with Gasteiger partial charge in [-0.2, -0.15) is 13.2 Å². The summed E-state index contributed by atoms with van der Waals surface area (Å²) < 4.78 is 41.1. The first-order valence-electron chi connectivity index (χ1n) is 8.30. The summed E-state index contributed by atoms with van der Waals surface area (Å²) in [7, 11) is 0. The summed E-state index contributed by atoms with van der Waals surface area (Å²) in [5.74, 6) is 0.0187. The molecule has 3 rings (SSSR count). The van der Waals surface area contributed by atoms with Crippen LogP contribution in [0, 0.1) is 0 Å². The molecule has 1 atom stereocenters. The van der Waals surface area contributed by atoms with Gasteiger partial charge in [0.1, 0.15) is 5.75 Å². The fourth-order valence-electron chi connectivity index (χ4n) is 2.63. The van der Waals surface area contributed by atoms with E-state index in [0.717, 1.165) is 11.1 Å². The molecule has 2 aromatic rings.